The summed E-state index contributed by atoms with van der Waals surface area (Å²) in [5.74, 6) is 0.00726. The van der Waals surface area contributed by atoms with Crippen molar-refractivity contribution < 1.29 is 9.18 Å². The second-order valence-corrected chi connectivity index (χ2v) is 7.75. The van der Waals surface area contributed by atoms with Gasteiger partial charge in [0, 0.05) is 18.3 Å². The molecule has 0 amide bonds. The standard InChI is InChI=1S/C24H24FN3O2.ClH/c25-21-8-6-20(7-9-21)23(29)17-27-14-11-18(12-15-27)16-28-24(30)22(10-13-26-28)19-4-2-1-3-5-19;/h1-10,13,18H,11-12,14-17H2;1H. The van der Waals surface area contributed by atoms with Crippen LogP contribution in [0.25, 0.3) is 11.1 Å². The van der Waals surface area contributed by atoms with Crippen LogP contribution in [0.15, 0.2) is 71.7 Å². The normalized spacial score (nSPS) is 14.7. The summed E-state index contributed by atoms with van der Waals surface area (Å²) in [6.45, 7) is 2.51. The van der Waals surface area contributed by atoms with Crippen molar-refractivity contribution in [1.29, 1.82) is 0 Å². The minimum Gasteiger partial charge on any atom is -0.296 e. The second-order valence-electron chi connectivity index (χ2n) is 7.75. The molecule has 0 aliphatic carbocycles. The van der Waals surface area contributed by atoms with Crippen LogP contribution < -0.4 is 5.56 Å². The fraction of sp³-hybridized carbons (Fsp3) is 0.292. The van der Waals surface area contributed by atoms with Gasteiger partial charge < -0.3 is 0 Å². The highest BCUT2D eigenvalue weighted by Gasteiger charge is 2.22. The minimum absolute atomic E-state index is 0. The van der Waals surface area contributed by atoms with Gasteiger partial charge in [0.25, 0.3) is 5.56 Å². The number of Topliss-reactive ketones (excluding diaryl/α,β-unsaturated/α-hetero) is 1. The van der Waals surface area contributed by atoms with Crippen LogP contribution in [0.3, 0.4) is 0 Å². The average Bonchev–Trinajstić information content (AvgIpc) is 2.77. The molecule has 0 bridgehead atoms. The zero-order valence-electron chi connectivity index (χ0n) is 17.1. The van der Waals surface area contributed by atoms with E-state index in [0.717, 1.165) is 31.5 Å². The van der Waals surface area contributed by atoms with E-state index in [9.17, 15) is 14.0 Å². The number of rotatable bonds is 6. The maximum Gasteiger partial charge on any atom is 0.274 e. The number of hydrogen-bond donors (Lipinski definition) is 0. The van der Waals surface area contributed by atoms with E-state index in [2.05, 4.69) is 10.00 Å². The van der Waals surface area contributed by atoms with E-state index in [1.54, 1.807) is 16.9 Å². The third-order valence-electron chi connectivity index (χ3n) is 5.67. The van der Waals surface area contributed by atoms with E-state index >= 15 is 0 Å². The molecule has 0 unspecified atom stereocenters. The molecule has 0 radical (unpaired) electrons. The Bertz CT molecular complexity index is 1060. The minimum atomic E-state index is -0.340. The lowest BCUT2D eigenvalue weighted by molar-refractivity contribution is 0.0888. The molecule has 0 spiro atoms. The second kappa shape index (κ2) is 10.5. The molecule has 7 heteroatoms. The van der Waals surface area contributed by atoms with Crippen molar-refractivity contribution in [3.05, 3.63) is 88.6 Å². The van der Waals surface area contributed by atoms with E-state index in [0.29, 0.717) is 30.1 Å². The quantitative estimate of drug-likeness (QED) is 0.541. The number of carbonyl (C=O) groups is 1. The Morgan fingerprint density at radius 1 is 1.00 bits per heavy atom. The Morgan fingerprint density at radius 3 is 2.35 bits per heavy atom. The van der Waals surface area contributed by atoms with Crippen molar-refractivity contribution in [3.8, 4) is 11.1 Å². The molecule has 0 saturated carbocycles. The van der Waals surface area contributed by atoms with Crippen LogP contribution in [0.5, 0.6) is 0 Å². The van der Waals surface area contributed by atoms with Crippen LogP contribution in [0.2, 0.25) is 0 Å². The number of aromatic nitrogens is 2. The van der Waals surface area contributed by atoms with Gasteiger partial charge in [-0.15, -0.1) is 12.4 Å². The molecule has 4 rings (SSSR count). The highest BCUT2D eigenvalue weighted by Crippen LogP contribution is 2.20. The first kappa shape index (κ1) is 22.8. The highest BCUT2D eigenvalue weighted by molar-refractivity contribution is 5.97. The highest BCUT2D eigenvalue weighted by atomic mass is 35.5. The molecule has 0 atom stereocenters. The molecular weight excluding hydrogens is 417 g/mol. The molecule has 31 heavy (non-hydrogen) atoms. The van der Waals surface area contributed by atoms with Crippen LogP contribution >= 0.6 is 12.4 Å². The Kier molecular flexibility index (Phi) is 7.71. The van der Waals surface area contributed by atoms with Crippen molar-refractivity contribution in [2.24, 2.45) is 5.92 Å². The number of ketones is 1. The van der Waals surface area contributed by atoms with E-state index < -0.39 is 0 Å². The van der Waals surface area contributed by atoms with Crippen molar-refractivity contribution in [1.82, 2.24) is 14.7 Å². The fourth-order valence-electron chi connectivity index (χ4n) is 3.92. The Balaban J connectivity index is 0.00000272. The molecule has 1 fully saturated rings. The molecule has 0 N–H and O–H groups in total. The van der Waals surface area contributed by atoms with Crippen LogP contribution in [0.4, 0.5) is 4.39 Å². The van der Waals surface area contributed by atoms with Crippen molar-refractivity contribution in [3.63, 3.8) is 0 Å². The van der Waals surface area contributed by atoms with Crippen LogP contribution in [-0.2, 0) is 6.54 Å². The predicted molar refractivity (Wildman–Crippen MR) is 121 cm³/mol. The van der Waals surface area contributed by atoms with E-state index in [1.165, 1.54) is 24.3 Å². The number of piperidine rings is 1. The number of benzene rings is 2. The average molecular weight is 442 g/mol. The van der Waals surface area contributed by atoms with Gasteiger partial charge in [-0.05, 0) is 67.7 Å². The zero-order chi connectivity index (χ0) is 20.9. The van der Waals surface area contributed by atoms with Gasteiger partial charge in [0.1, 0.15) is 5.82 Å². The van der Waals surface area contributed by atoms with Gasteiger partial charge in [-0.3, -0.25) is 14.5 Å². The first-order valence-corrected chi connectivity index (χ1v) is 10.2. The van der Waals surface area contributed by atoms with Gasteiger partial charge in [0.2, 0.25) is 0 Å². The fourth-order valence-corrected chi connectivity index (χ4v) is 3.92. The van der Waals surface area contributed by atoms with Gasteiger partial charge in [-0.1, -0.05) is 30.3 Å². The summed E-state index contributed by atoms with van der Waals surface area (Å²) in [4.78, 5) is 27.4. The summed E-state index contributed by atoms with van der Waals surface area (Å²) in [7, 11) is 0. The summed E-state index contributed by atoms with van der Waals surface area (Å²) in [5.41, 5.74) is 2.02. The van der Waals surface area contributed by atoms with Gasteiger partial charge in [-0.25, -0.2) is 9.07 Å². The molecule has 5 nitrogen and oxygen atoms in total. The van der Waals surface area contributed by atoms with Crippen LogP contribution in [0, 0.1) is 11.7 Å². The molecule has 162 valence electrons. The summed E-state index contributed by atoms with van der Waals surface area (Å²) in [6, 6.07) is 17.1. The lowest BCUT2D eigenvalue weighted by Crippen LogP contribution is -2.39. The molecule has 3 aromatic rings. The van der Waals surface area contributed by atoms with Gasteiger partial charge in [-0.2, -0.15) is 5.10 Å². The number of halogens is 2. The number of likely N-dealkylation sites (tertiary alicyclic amines) is 1. The van der Waals surface area contributed by atoms with Crippen molar-refractivity contribution in [2.45, 2.75) is 19.4 Å². The monoisotopic (exact) mass is 441 g/mol. The van der Waals surface area contributed by atoms with Crippen molar-refractivity contribution >= 4 is 18.2 Å². The maximum absolute atomic E-state index is 13.0. The topological polar surface area (TPSA) is 55.2 Å². The van der Waals surface area contributed by atoms with E-state index in [4.69, 9.17) is 0 Å². The van der Waals surface area contributed by atoms with E-state index in [1.807, 2.05) is 30.3 Å². The summed E-state index contributed by atoms with van der Waals surface area (Å²) < 4.78 is 14.6. The summed E-state index contributed by atoms with van der Waals surface area (Å²) in [5, 5.41) is 4.28. The van der Waals surface area contributed by atoms with Gasteiger partial charge >= 0.3 is 0 Å². The smallest absolute Gasteiger partial charge is 0.274 e. The predicted octanol–water partition coefficient (Wildman–Crippen LogP) is 4.07. The van der Waals surface area contributed by atoms with Crippen LogP contribution in [-0.4, -0.2) is 40.1 Å². The zero-order valence-corrected chi connectivity index (χ0v) is 17.9. The van der Waals surface area contributed by atoms with E-state index in [-0.39, 0.29) is 29.6 Å². The lowest BCUT2D eigenvalue weighted by Gasteiger charge is -2.31. The molecule has 1 aliphatic rings. The summed E-state index contributed by atoms with van der Waals surface area (Å²) in [6.07, 6.45) is 3.49. The van der Waals surface area contributed by atoms with Crippen LogP contribution in [0.1, 0.15) is 23.2 Å². The maximum atomic E-state index is 13.0. The molecule has 1 aromatic heterocycles. The lowest BCUT2D eigenvalue weighted by atomic mass is 9.96. The molecular formula is C24H25ClFN3O2. The Hall–Kier alpha value is -2.83. The van der Waals surface area contributed by atoms with Crippen molar-refractivity contribution in [2.75, 3.05) is 19.6 Å². The largest absolute Gasteiger partial charge is 0.296 e. The molecule has 1 saturated heterocycles. The molecule has 2 aromatic carbocycles. The Morgan fingerprint density at radius 2 is 1.68 bits per heavy atom. The molecule has 1 aliphatic heterocycles. The van der Waals surface area contributed by atoms with Gasteiger partial charge in [0.15, 0.2) is 5.78 Å². The Labute approximate surface area is 186 Å². The van der Waals surface area contributed by atoms with Gasteiger partial charge in [0.05, 0.1) is 12.1 Å². The SMILES string of the molecule is Cl.O=C(CN1CCC(Cn2nccc(-c3ccccc3)c2=O)CC1)c1ccc(F)cc1. The first-order chi connectivity index (χ1) is 14.6. The first-order valence-electron chi connectivity index (χ1n) is 10.2. The molecule has 2 heterocycles. The summed E-state index contributed by atoms with van der Waals surface area (Å²) >= 11 is 0. The third kappa shape index (κ3) is 5.66. The number of carbonyl (C=O) groups excluding carboxylic acids is 1. The number of nitrogens with zero attached hydrogens (tertiary/aromatic N) is 3. The number of hydrogen-bond acceptors (Lipinski definition) is 4. The third-order valence-corrected chi connectivity index (χ3v) is 5.67.